The summed E-state index contributed by atoms with van der Waals surface area (Å²) in [5.74, 6) is 1.06. The summed E-state index contributed by atoms with van der Waals surface area (Å²) < 4.78 is 5.66. The zero-order valence-electron chi connectivity index (χ0n) is 10.8. The SMILES string of the molecule is CC(=O)N1CCNC(CCOc2ccccc2)C1. The summed E-state index contributed by atoms with van der Waals surface area (Å²) in [5, 5.41) is 3.42. The molecule has 1 aliphatic rings. The molecule has 4 nitrogen and oxygen atoms in total. The van der Waals surface area contributed by atoms with Crippen LogP contribution >= 0.6 is 0 Å². The van der Waals surface area contributed by atoms with Gasteiger partial charge in [0.1, 0.15) is 5.75 Å². The number of nitrogens with zero attached hydrogens (tertiary/aromatic N) is 1. The molecular formula is C14H20N2O2. The van der Waals surface area contributed by atoms with Crippen molar-refractivity contribution < 1.29 is 9.53 Å². The summed E-state index contributed by atoms with van der Waals surface area (Å²) in [6.07, 6.45) is 0.915. The maximum Gasteiger partial charge on any atom is 0.219 e. The second kappa shape index (κ2) is 6.40. The van der Waals surface area contributed by atoms with E-state index in [1.54, 1.807) is 6.92 Å². The number of para-hydroxylation sites is 1. The fourth-order valence-corrected chi connectivity index (χ4v) is 2.14. The Kier molecular flexibility index (Phi) is 4.59. The van der Waals surface area contributed by atoms with E-state index in [1.807, 2.05) is 35.2 Å². The van der Waals surface area contributed by atoms with Crippen LogP contribution < -0.4 is 10.1 Å². The Bertz CT molecular complexity index is 381. The Morgan fingerprint density at radius 2 is 2.22 bits per heavy atom. The van der Waals surface area contributed by atoms with E-state index >= 15 is 0 Å². The first kappa shape index (κ1) is 12.9. The summed E-state index contributed by atoms with van der Waals surface area (Å²) in [6.45, 7) is 4.77. The predicted octanol–water partition coefficient (Wildman–Crippen LogP) is 1.28. The lowest BCUT2D eigenvalue weighted by molar-refractivity contribution is -0.130. The molecule has 1 heterocycles. The highest BCUT2D eigenvalue weighted by Gasteiger charge is 2.20. The van der Waals surface area contributed by atoms with Crippen LogP contribution in [0.3, 0.4) is 0 Å². The summed E-state index contributed by atoms with van der Waals surface area (Å²) in [7, 11) is 0. The van der Waals surface area contributed by atoms with Crippen molar-refractivity contribution in [1.29, 1.82) is 0 Å². The first-order chi connectivity index (χ1) is 8.75. The van der Waals surface area contributed by atoms with E-state index in [2.05, 4.69) is 5.32 Å². The minimum absolute atomic E-state index is 0.158. The molecule has 1 saturated heterocycles. The van der Waals surface area contributed by atoms with Gasteiger partial charge in [-0.1, -0.05) is 18.2 Å². The number of carbonyl (C=O) groups excluding carboxylic acids is 1. The molecule has 4 heteroatoms. The number of amides is 1. The fraction of sp³-hybridized carbons (Fsp3) is 0.500. The number of benzene rings is 1. The van der Waals surface area contributed by atoms with Crippen molar-refractivity contribution in [3.63, 3.8) is 0 Å². The second-order valence-electron chi connectivity index (χ2n) is 4.57. The van der Waals surface area contributed by atoms with E-state index in [9.17, 15) is 4.79 Å². The van der Waals surface area contributed by atoms with E-state index in [4.69, 9.17) is 4.74 Å². The first-order valence-electron chi connectivity index (χ1n) is 6.42. The molecule has 1 atom stereocenters. The van der Waals surface area contributed by atoms with E-state index in [0.29, 0.717) is 12.6 Å². The highest BCUT2D eigenvalue weighted by molar-refractivity contribution is 5.73. The Labute approximate surface area is 108 Å². The van der Waals surface area contributed by atoms with Gasteiger partial charge in [-0.25, -0.2) is 0 Å². The largest absolute Gasteiger partial charge is 0.494 e. The molecule has 0 aliphatic carbocycles. The molecule has 1 aromatic rings. The van der Waals surface area contributed by atoms with Crippen molar-refractivity contribution in [2.75, 3.05) is 26.2 Å². The molecule has 1 amide bonds. The lowest BCUT2D eigenvalue weighted by atomic mass is 10.1. The third-order valence-corrected chi connectivity index (χ3v) is 3.18. The molecule has 1 aromatic carbocycles. The summed E-state index contributed by atoms with van der Waals surface area (Å²) in [6, 6.07) is 10.1. The van der Waals surface area contributed by atoms with Crippen molar-refractivity contribution in [3.05, 3.63) is 30.3 Å². The number of piperazine rings is 1. The lowest BCUT2D eigenvalue weighted by Crippen LogP contribution is -2.52. The predicted molar refractivity (Wildman–Crippen MR) is 70.6 cm³/mol. The maximum absolute atomic E-state index is 11.3. The lowest BCUT2D eigenvalue weighted by Gasteiger charge is -2.33. The molecule has 1 aliphatic heterocycles. The van der Waals surface area contributed by atoms with Gasteiger partial charge in [0.05, 0.1) is 6.61 Å². The smallest absolute Gasteiger partial charge is 0.219 e. The number of rotatable bonds is 4. The number of hydrogen-bond acceptors (Lipinski definition) is 3. The van der Waals surface area contributed by atoms with Crippen molar-refractivity contribution in [3.8, 4) is 5.75 Å². The van der Waals surface area contributed by atoms with Gasteiger partial charge in [-0.3, -0.25) is 4.79 Å². The normalized spacial score (nSPS) is 19.6. The average Bonchev–Trinajstić information content (AvgIpc) is 2.40. The van der Waals surface area contributed by atoms with E-state index < -0.39 is 0 Å². The van der Waals surface area contributed by atoms with Gasteiger partial charge in [-0.15, -0.1) is 0 Å². The Hall–Kier alpha value is -1.55. The first-order valence-corrected chi connectivity index (χ1v) is 6.42. The minimum atomic E-state index is 0.158. The average molecular weight is 248 g/mol. The van der Waals surface area contributed by atoms with Gasteiger partial charge < -0.3 is 15.0 Å². The standard InChI is InChI=1S/C14H20N2O2/c1-12(17)16-9-8-15-13(11-16)7-10-18-14-5-3-2-4-6-14/h2-6,13,15H,7-11H2,1H3. The molecule has 1 N–H and O–H groups in total. The van der Waals surface area contributed by atoms with E-state index in [0.717, 1.165) is 31.8 Å². The molecule has 1 fully saturated rings. The summed E-state index contributed by atoms with van der Waals surface area (Å²) in [4.78, 5) is 13.2. The van der Waals surface area contributed by atoms with E-state index in [1.165, 1.54) is 0 Å². The number of hydrogen-bond donors (Lipinski definition) is 1. The van der Waals surface area contributed by atoms with Crippen LogP contribution in [0.25, 0.3) is 0 Å². The van der Waals surface area contributed by atoms with Gasteiger partial charge >= 0.3 is 0 Å². The Balaban J connectivity index is 1.72. The third kappa shape index (κ3) is 3.74. The minimum Gasteiger partial charge on any atom is -0.494 e. The third-order valence-electron chi connectivity index (χ3n) is 3.18. The van der Waals surface area contributed by atoms with Crippen LogP contribution in [0.15, 0.2) is 30.3 Å². The van der Waals surface area contributed by atoms with Gasteiger partial charge in [-0.05, 0) is 18.6 Å². The number of ether oxygens (including phenoxy) is 1. The summed E-state index contributed by atoms with van der Waals surface area (Å²) >= 11 is 0. The van der Waals surface area contributed by atoms with Crippen LogP contribution in [0, 0.1) is 0 Å². The Morgan fingerprint density at radius 3 is 2.94 bits per heavy atom. The van der Waals surface area contributed by atoms with Crippen molar-refractivity contribution in [2.24, 2.45) is 0 Å². The van der Waals surface area contributed by atoms with Crippen molar-refractivity contribution in [1.82, 2.24) is 10.2 Å². The van der Waals surface area contributed by atoms with Crippen LogP contribution in [0.4, 0.5) is 0 Å². The van der Waals surface area contributed by atoms with Crippen LogP contribution in [0.2, 0.25) is 0 Å². The van der Waals surface area contributed by atoms with E-state index in [-0.39, 0.29) is 5.91 Å². The number of carbonyl (C=O) groups is 1. The zero-order valence-corrected chi connectivity index (χ0v) is 10.8. The maximum atomic E-state index is 11.3. The molecule has 98 valence electrons. The summed E-state index contributed by atoms with van der Waals surface area (Å²) in [5.41, 5.74) is 0. The quantitative estimate of drug-likeness (QED) is 0.872. The zero-order chi connectivity index (χ0) is 12.8. The van der Waals surface area contributed by atoms with Crippen LogP contribution in [-0.2, 0) is 4.79 Å². The second-order valence-corrected chi connectivity index (χ2v) is 4.57. The molecule has 18 heavy (non-hydrogen) atoms. The van der Waals surface area contributed by atoms with Gasteiger partial charge in [0.15, 0.2) is 0 Å². The molecule has 2 rings (SSSR count). The van der Waals surface area contributed by atoms with Gasteiger partial charge in [0.2, 0.25) is 5.91 Å². The van der Waals surface area contributed by atoms with Gasteiger partial charge in [-0.2, -0.15) is 0 Å². The fourth-order valence-electron chi connectivity index (χ4n) is 2.14. The highest BCUT2D eigenvalue weighted by atomic mass is 16.5. The number of nitrogens with one attached hydrogen (secondary N) is 1. The van der Waals surface area contributed by atoms with Gasteiger partial charge in [0, 0.05) is 32.6 Å². The molecule has 0 saturated carbocycles. The van der Waals surface area contributed by atoms with Crippen LogP contribution in [0.1, 0.15) is 13.3 Å². The Morgan fingerprint density at radius 1 is 1.44 bits per heavy atom. The topological polar surface area (TPSA) is 41.6 Å². The molecule has 0 radical (unpaired) electrons. The molecular weight excluding hydrogens is 228 g/mol. The van der Waals surface area contributed by atoms with Gasteiger partial charge in [0.25, 0.3) is 0 Å². The van der Waals surface area contributed by atoms with Crippen molar-refractivity contribution in [2.45, 2.75) is 19.4 Å². The van der Waals surface area contributed by atoms with Crippen LogP contribution in [-0.4, -0.2) is 43.1 Å². The molecule has 1 unspecified atom stereocenters. The monoisotopic (exact) mass is 248 g/mol. The van der Waals surface area contributed by atoms with Crippen molar-refractivity contribution >= 4 is 5.91 Å². The molecule has 0 aromatic heterocycles. The highest BCUT2D eigenvalue weighted by Crippen LogP contribution is 2.10. The molecule has 0 bridgehead atoms. The van der Waals surface area contributed by atoms with Crippen LogP contribution in [0.5, 0.6) is 5.75 Å². The molecule has 0 spiro atoms.